The van der Waals surface area contributed by atoms with E-state index in [-0.39, 0.29) is 12.5 Å². The maximum absolute atomic E-state index is 11.7. The quantitative estimate of drug-likeness (QED) is 0.595. The van der Waals surface area contributed by atoms with Crippen molar-refractivity contribution in [2.24, 2.45) is 16.0 Å². The molecule has 1 unspecified atom stereocenters. The van der Waals surface area contributed by atoms with Gasteiger partial charge in [0, 0.05) is 17.2 Å². The van der Waals surface area contributed by atoms with Crippen molar-refractivity contribution in [1.29, 1.82) is 0 Å². The lowest BCUT2D eigenvalue weighted by molar-refractivity contribution is -0.118. The summed E-state index contributed by atoms with van der Waals surface area (Å²) in [6.07, 6.45) is 9.70. The van der Waals surface area contributed by atoms with E-state index in [1.54, 1.807) is 11.3 Å². The van der Waals surface area contributed by atoms with Crippen LogP contribution in [0.15, 0.2) is 58.0 Å². The van der Waals surface area contributed by atoms with E-state index in [0.29, 0.717) is 23.9 Å². The first-order valence-electron chi connectivity index (χ1n) is 9.72. The van der Waals surface area contributed by atoms with E-state index < -0.39 is 0 Å². The van der Waals surface area contributed by atoms with Crippen LogP contribution in [0.4, 0.5) is 5.69 Å². The average Bonchev–Trinajstić information content (AvgIpc) is 3.13. The van der Waals surface area contributed by atoms with E-state index in [0.717, 1.165) is 40.9 Å². The van der Waals surface area contributed by atoms with Crippen LogP contribution in [0.25, 0.3) is 11.3 Å². The Kier molecular flexibility index (Phi) is 5.76. The van der Waals surface area contributed by atoms with Gasteiger partial charge in [-0.15, -0.1) is 11.3 Å². The number of carbonyl (C=O) groups is 1. The molecule has 0 saturated carbocycles. The fourth-order valence-electron chi connectivity index (χ4n) is 3.28. The number of amides is 1. The third-order valence-electron chi connectivity index (χ3n) is 4.78. The molecule has 2 heterocycles. The molecule has 4 rings (SSSR count). The molecule has 1 atom stereocenters. The van der Waals surface area contributed by atoms with Gasteiger partial charge in [0.25, 0.3) is 5.91 Å². The van der Waals surface area contributed by atoms with Crippen LogP contribution < -0.4 is 14.9 Å². The summed E-state index contributed by atoms with van der Waals surface area (Å²) in [5.74, 6) is 0.971. The number of allylic oxidation sites excluding steroid dienone is 2. The lowest BCUT2D eigenvalue weighted by Gasteiger charge is -2.18. The second-order valence-electron chi connectivity index (χ2n) is 7.35. The fraction of sp³-hybridized carbons (Fsp3) is 0.318. The van der Waals surface area contributed by atoms with Crippen LogP contribution in [0.3, 0.4) is 0 Å². The van der Waals surface area contributed by atoms with Crippen molar-refractivity contribution in [2.45, 2.75) is 26.2 Å². The number of nitrogens with zero attached hydrogens (tertiary/aromatic N) is 3. The fourth-order valence-corrected chi connectivity index (χ4v) is 4.11. The predicted octanol–water partition coefficient (Wildman–Crippen LogP) is 4.21. The summed E-state index contributed by atoms with van der Waals surface area (Å²) in [4.78, 5) is 17.2. The van der Waals surface area contributed by atoms with Crippen molar-refractivity contribution in [3.63, 3.8) is 0 Å². The third kappa shape index (κ3) is 4.56. The van der Waals surface area contributed by atoms with Gasteiger partial charge < -0.3 is 10.1 Å². The molecule has 1 amide bonds. The van der Waals surface area contributed by atoms with Gasteiger partial charge in [0.05, 0.1) is 17.9 Å². The van der Waals surface area contributed by atoms with Crippen LogP contribution in [-0.4, -0.2) is 29.9 Å². The highest BCUT2D eigenvalue weighted by Gasteiger charge is 2.18. The van der Waals surface area contributed by atoms with Crippen LogP contribution >= 0.6 is 11.3 Å². The van der Waals surface area contributed by atoms with Gasteiger partial charge in [-0.3, -0.25) is 9.79 Å². The standard InChI is InChI=1S/C22H24N4O2S/c1-15(2)11-23-22-26(24-12-16-6-4-3-5-7-16)19(14-29-22)17-8-9-20-18(10-17)25-21(27)13-28-20/h3-4,8-10,12,14,16H,1,5-7,11,13H2,2H3,(H,25,27). The maximum Gasteiger partial charge on any atom is 0.262 e. The second-order valence-corrected chi connectivity index (χ2v) is 8.18. The highest BCUT2D eigenvalue weighted by Crippen LogP contribution is 2.33. The molecule has 2 aromatic rings. The van der Waals surface area contributed by atoms with E-state index in [1.807, 2.05) is 41.4 Å². The number of fused-ring (bicyclic) bond motifs is 1. The number of hydrogen-bond donors (Lipinski definition) is 1. The molecule has 0 fully saturated rings. The summed E-state index contributed by atoms with van der Waals surface area (Å²) >= 11 is 1.55. The summed E-state index contributed by atoms with van der Waals surface area (Å²) in [7, 11) is 0. The molecule has 1 aromatic heterocycles. The molecule has 0 spiro atoms. The molecule has 6 nitrogen and oxygen atoms in total. The highest BCUT2D eigenvalue weighted by molar-refractivity contribution is 7.07. The Balaban J connectivity index is 1.73. The maximum atomic E-state index is 11.7. The Labute approximate surface area is 173 Å². The number of anilines is 1. The van der Waals surface area contributed by atoms with Gasteiger partial charge in [0.2, 0.25) is 4.80 Å². The summed E-state index contributed by atoms with van der Waals surface area (Å²) < 4.78 is 7.36. The van der Waals surface area contributed by atoms with E-state index in [9.17, 15) is 4.79 Å². The van der Waals surface area contributed by atoms with Crippen LogP contribution in [0, 0.1) is 5.92 Å². The number of nitrogens with one attached hydrogen (secondary N) is 1. The number of aromatic nitrogens is 1. The molecule has 2 aliphatic rings. The molecule has 7 heteroatoms. The molecule has 1 N–H and O–H groups in total. The van der Waals surface area contributed by atoms with Gasteiger partial charge in [-0.25, -0.2) is 4.68 Å². The Bertz CT molecular complexity index is 1060. The van der Waals surface area contributed by atoms with Crippen molar-refractivity contribution in [1.82, 2.24) is 4.68 Å². The van der Waals surface area contributed by atoms with Crippen LogP contribution in [0.2, 0.25) is 0 Å². The lowest BCUT2D eigenvalue weighted by Crippen LogP contribution is -2.25. The van der Waals surface area contributed by atoms with Crippen LogP contribution in [-0.2, 0) is 4.79 Å². The molecular formula is C22H24N4O2S. The van der Waals surface area contributed by atoms with Crippen molar-refractivity contribution in [3.05, 3.63) is 52.7 Å². The summed E-state index contributed by atoms with van der Waals surface area (Å²) in [6.45, 7) is 6.52. The molecule has 150 valence electrons. The van der Waals surface area contributed by atoms with Crippen molar-refractivity contribution < 1.29 is 9.53 Å². The Morgan fingerprint density at radius 1 is 1.45 bits per heavy atom. The Morgan fingerprint density at radius 3 is 3.14 bits per heavy atom. The number of rotatable bonds is 5. The summed E-state index contributed by atoms with van der Waals surface area (Å²) in [5.41, 5.74) is 3.56. The zero-order valence-electron chi connectivity index (χ0n) is 16.4. The molecule has 1 aliphatic carbocycles. The number of benzene rings is 1. The van der Waals surface area contributed by atoms with E-state index in [1.165, 1.54) is 0 Å². The van der Waals surface area contributed by atoms with Gasteiger partial charge in [0.1, 0.15) is 5.75 Å². The highest BCUT2D eigenvalue weighted by atomic mass is 32.1. The van der Waals surface area contributed by atoms with E-state index in [4.69, 9.17) is 9.84 Å². The molecule has 1 aliphatic heterocycles. The first kappa shape index (κ1) is 19.4. The molecule has 1 aromatic carbocycles. The van der Waals surface area contributed by atoms with Crippen molar-refractivity contribution in [3.8, 4) is 17.0 Å². The van der Waals surface area contributed by atoms with Gasteiger partial charge in [-0.1, -0.05) is 24.3 Å². The number of ether oxygens (including phenoxy) is 1. The zero-order chi connectivity index (χ0) is 20.2. The lowest BCUT2D eigenvalue weighted by atomic mass is 9.96. The van der Waals surface area contributed by atoms with Crippen molar-refractivity contribution in [2.75, 3.05) is 18.5 Å². The Hall–Kier alpha value is -2.93. The molecule has 0 radical (unpaired) electrons. The third-order valence-corrected chi connectivity index (χ3v) is 5.63. The SMILES string of the molecule is C=C(C)CN=c1scc(-c2ccc3c(c2)NC(=O)CO3)n1N=CC1CC=CCC1. The topological polar surface area (TPSA) is 68.0 Å². The second kappa shape index (κ2) is 8.61. The monoisotopic (exact) mass is 408 g/mol. The number of carbonyl (C=O) groups excluding carboxylic acids is 1. The van der Waals surface area contributed by atoms with Gasteiger partial charge >= 0.3 is 0 Å². The smallest absolute Gasteiger partial charge is 0.262 e. The first-order chi connectivity index (χ1) is 14.1. The van der Waals surface area contributed by atoms with Gasteiger partial charge in [0.15, 0.2) is 6.61 Å². The summed E-state index contributed by atoms with van der Waals surface area (Å²) in [5, 5.41) is 9.71. The molecule has 0 saturated heterocycles. The van der Waals surface area contributed by atoms with Crippen LogP contribution in [0.1, 0.15) is 26.2 Å². The van der Waals surface area contributed by atoms with Crippen LogP contribution in [0.5, 0.6) is 5.75 Å². The van der Waals surface area contributed by atoms with Crippen molar-refractivity contribution >= 4 is 29.1 Å². The largest absolute Gasteiger partial charge is 0.482 e. The van der Waals surface area contributed by atoms with E-state index in [2.05, 4.69) is 29.0 Å². The molecule has 0 bridgehead atoms. The zero-order valence-corrected chi connectivity index (χ0v) is 17.2. The van der Waals surface area contributed by atoms with Gasteiger partial charge in [-0.05, 0) is 50.3 Å². The minimum atomic E-state index is -0.145. The molecular weight excluding hydrogens is 384 g/mol. The average molecular weight is 409 g/mol. The summed E-state index contributed by atoms with van der Waals surface area (Å²) in [6, 6.07) is 5.79. The Morgan fingerprint density at radius 2 is 2.34 bits per heavy atom. The minimum absolute atomic E-state index is 0.0505. The molecule has 29 heavy (non-hydrogen) atoms. The number of thiazole rings is 1. The minimum Gasteiger partial charge on any atom is -0.482 e. The number of hydrogen-bond acceptors (Lipinski definition) is 5. The first-order valence-corrected chi connectivity index (χ1v) is 10.6. The van der Waals surface area contributed by atoms with E-state index >= 15 is 0 Å². The predicted molar refractivity (Wildman–Crippen MR) is 117 cm³/mol. The normalized spacial score (nSPS) is 19.1. The van der Waals surface area contributed by atoms with Gasteiger partial charge in [-0.2, -0.15) is 5.10 Å².